The first-order chi connectivity index (χ1) is 8.05. The number of hydrogen-bond donors (Lipinski definition) is 1. The van der Waals surface area contributed by atoms with Gasteiger partial charge in [-0.05, 0) is 32.1 Å². The quantitative estimate of drug-likeness (QED) is 0.779. The molecule has 0 bridgehead atoms. The van der Waals surface area contributed by atoms with Gasteiger partial charge in [-0.15, -0.1) is 0 Å². The molecule has 2 atom stereocenters. The Morgan fingerprint density at radius 2 is 1.41 bits per heavy atom. The molecule has 2 aliphatic rings. The Morgan fingerprint density at radius 1 is 0.765 bits per heavy atom. The second-order valence-electron chi connectivity index (χ2n) is 5.60. The van der Waals surface area contributed by atoms with Crippen molar-refractivity contribution >= 4 is 0 Å². The second-order valence-corrected chi connectivity index (χ2v) is 5.60. The normalized spacial score (nSPS) is 32.6. The van der Waals surface area contributed by atoms with E-state index >= 15 is 0 Å². The summed E-state index contributed by atoms with van der Waals surface area (Å²) >= 11 is 0. The minimum atomic E-state index is -3.99. The lowest BCUT2D eigenvalue weighted by Crippen LogP contribution is -2.44. The molecule has 2 saturated carbocycles. The van der Waals surface area contributed by atoms with Gasteiger partial charge in [0.2, 0.25) is 0 Å². The van der Waals surface area contributed by atoms with Gasteiger partial charge in [-0.3, -0.25) is 0 Å². The van der Waals surface area contributed by atoms with E-state index in [9.17, 15) is 13.2 Å². The SMILES string of the molecule is FC(F)(F)C1CCCC(NC2CCCCC2)C1. The van der Waals surface area contributed by atoms with Crippen LogP contribution < -0.4 is 5.32 Å². The Hall–Kier alpha value is -0.250. The third-order valence-corrected chi connectivity index (χ3v) is 4.21. The van der Waals surface area contributed by atoms with E-state index in [1.54, 1.807) is 0 Å². The third-order valence-electron chi connectivity index (χ3n) is 4.21. The average molecular weight is 249 g/mol. The maximum absolute atomic E-state index is 12.7. The highest BCUT2D eigenvalue weighted by Crippen LogP contribution is 2.37. The summed E-state index contributed by atoms with van der Waals surface area (Å²) in [7, 11) is 0. The van der Waals surface area contributed by atoms with Crippen molar-refractivity contribution in [3.63, 3.8) is 0 Å². The summed E-state index contributed by atoms with van der Waals surface area (Å²) in [6.45, 7) is 0. The number of nitrogens with one attached hydrogen (secondary N) is 1. The van der Waals surface area contributed by atoms with E-state index in [-0.39, 0.29) is 6.04 Å². The molecular formula is C13H22F3N. The van der Waals surface area contributed by atoms with Crippen molar-refractivity contribution in [2.24, 2.45) is 5.92 Å². The lowest BCUT2D eigenvalue weighted by molar-refractivity contribution is -0.183. The van der Waals surface area contributed by atoms with Crippen LogP contribution in [0, 0.1) is 5.92 Å². The molecule has 0 heterocycles. The van der Waals surface area contributed by atoms with Crippen LogP contribution in [0.1, 0.15) is 57.8 Å². The van der Waals surface area contributed by atoms with Crippen LogP contribution in [0.3, 0.4) is 0 Å². The molecule has 4 heteroatoms. The predicted octanol–water partition coefficient (Wildman–Crippen LogP) is 4.03. The molecule has 2 unspecified atom stereocenters. The number of alkyl halides is 3. The molecule has 100 valence electrons. The van der Waals surface area contributed by atoms with Gasteiger partial charge in [0.1, 0.15) is 0 Å². The van der Waals surface area contributed by atoms with E-state index in [1.165, 1.54) is 19.3 Å². The van der Waals surface area contributed by atoms with Crippen LogP contribution in [-0.2, 0) is 0 Å². The largest absolute Gasteiger partial charge is 0.391 e. The van der Waals surface area contributed by atoms with Gasteiger partial charge in [0.25, 0.3) is 0 Å². The highest BCUT2D eigenvalue weighted by Gasteiger charge is 2.42. The summed E-state index contributed by atoms with van der Waals surface area (Å²) in [5.74, 6) is -1.07. The van der Waals surface area contributed by atoms with Gasteiger partial charge in [-0.1, -0.05) is 25.7 Å². The maximum Gasteiger partial charge on any atom is 0.391 e. The highest BCUT2D eigenvalue weighted by molar-refractivity contribution is 4.85. The minimum absolute atomic E-state index is 0.0958. The fourth-order valence-corrected chi connectivity index (χ4v) is 3.24. The molecule has 0 amide bonds. The maximum atomic E-state index is 12.7. The molecule has 1 N–H and O–H groups in total. The zero-order valence-electron chi connectivity index (χ0n) is 10.2. The fourth-order valence-electron chi connectivity index (χ4n) is 3.24. The van der Waals surface area contributed by atoms with Crippen LogP contribution in [0.4, 0.5) is 13.2 Å². The van der Waals surface area contributed by atoms with Crippen LogP contribution in [0.15, 0.2) is 0 Å². The Kier molecular flexibility index (Phi) is 4.34. The Morgan fingerprint density at radius 3 is 2.06 bits per heavy atom. The topological polar surface area (TPSA) is 12.0 Å². The molecule has 2 aliphatic carbocycles. The molecule has 0 spiro atoms. The third kappa shape index (κ3) is 3.87. The monoisotopic (exact) mass is 249 g/mol. The predicted molar refractivity (Wildman–Crippen MR) is 61.8 cm³/mol. The number of hydrogen-bond acceptors (Lipinski definition) is 1. The summed E-state index contributed by atoms with van der Waals surface area (Å²) in [6.07, 6.45) is 4.30. The first-order valence-electron chi connectivity index (χ1n) is 6.88. The fraction of sp³-hybridized carbons (Fsp3) is 1.00. The van der Waals surface area contributed by atoms with Crippen molar-refractivity contribution in [1.82, 2.24) is 5.32 Å². The van der Waals surface area contributed by atoms with Crippen LogP contribution in [0.5, 0.6) is 0 Å². The van der Waals surface area contributed by atoms with Crippen LogP contribution in [-0.4, -0.2) is 18.3 Å². The van der Waals surface area contributed by atoms with E-state index in [0.29, 0.717) is 25.3 Å². The summed E-state index contributed by atoms with van der Waals surface area (Å²) in [5.41, 5.74) is 0. The molecule has 0 aromatic heterocycles. The van der Waals surface area contributed by atoms with E-state index in [0.717, 1.165) is 19.3 Å². The van der Waals surface area contributed by atoms with Crippen molar-refractivity contribution in [2.75, 3.05) is 0 Å². The summed E-state index contributed by atoms with van der Waals surface area (Å²) in [4.78, 5) is 0. The number of halogens is 3. The van der Waals surface area contributed by atoms with Crippen LogP contribution in [0.25, 0.3) is 0 Å². The van der Waals surface area contributed by atoms with Crippen molar-refractivity contribution in [3.8, 4) is 0 Å². The zero-order chi connectivity index (χ0) is 12.3. The van der Waals surface area contributed by atoms with E-state index < -0.39 is 12.1 Å². The van der Waals surface area contributed by atoms with Gasteiger partial charge in [0, 0.05) is 12.1 Å². The minimum Gasteiger partial charge on any atom is -0.311 e. The molecule has 0 aromatic rings. The van der Waals surface area contributed by atoms with Crippen molar-refractivity contribution in [1.29, 1.82) is 0 Å². The molecule has 2 rings (SSSR count). The second kappa shape index (κ2) is 5.59. The van der Waals surface area contributed by atoms with Gasteiger partial charge >= 0.3 is 6.18 Å². The molecule has 0 radical (unpaired) electrons. The molecule has 0 saturated heterocycles. The summed E-state index contributed by atoms with van der Waals surface area (Å²) in [5, 5.41) is 3.46. The van der Waals surface area contributed by atoms with Gasteiger partial charge in [0.15, 0.2) is 0 Å². The average Bonchev–Trinajstić information content (AvgIpc) is 2.29. The molecule has 0 aromatic carbocycles. The first kappa shape index (κ1) is 13.2. The molecule has 0 aliphatic heterocycles. The molecule has 2 fully saturated rings. The van der Waals surface area contributed by atoms with Crippen LogP contribution in [0.2, 0.25) is 0 Å². The van der Waals surface area contributed by atoms with Crippen molar-refractivity contribution in [2.45, 2.75) is 76.0 Å². The number of rotatable bonds is 2. The highest BCUT2D eigenvalue weighted by atomic mass is 19.4. The molecular weight excluding hydrogens is 227 g/mol. The van der Waals surface area contributed by atoms with Gasteiger partial charge in [-0.2, -0.15) is 13.2 Å². The molecule has 17 heavy (non-hydrogen) atoms. The Labute approximate surface area is 101 Å². The van der Waals surface area contributed by atoms with Crippen molar-refractivity contribution < 1.29 is 13.2 Å². The van der Waals surface area contributed by atoms with E-state index in [1.807, 2.05) is 0 Å². The van der Waals surface area contributed by atoms with Gasteiger partial charge in [-0.25, -0.2) is 0 Å². The molecule has 1 nitrogen and oxygen atoms in total. The van der Waals surface area contributed by atoms with E-state index in [4.69, 9.17) is 0 Å². The van der Waals surface area contributed by atoms with Crippen LogP contribution >= 0.6 is 0 Å². The first-order valence-corrected chi connectivity index (χ1v) is 6.88. The lowest BCUT2D eigenvalue weighted by atomic mass is 9.84. The lowest BCUT2D eigenvalue weighted by Gasteiger charge is -2.34. The summed E-state index contributed by atoms with van der Waals surface area (Å²) < 4.78 is 38.0. The Bertz CT molecular complexity index is 233. The van der Waals surface area contributed by atoms with E-state index in [2.05, 4.69) is 5.32 Å². The Balaban J connectivity index is 1.80. The summed E-state index contributed by atoms with van der Waals surface area (Å²) in [6, 6.07) is 0.569. The van der Waals surface area contributed by atoms with Gasteiger partial charge < -0.3 is 5.32 Å². The smallest absolute Gasteiger partial charge is 0.311 e. The zero-order valence-corrected chi connectivity index (χ0v) is 10.2. The van der Waals surface area contributed by atoms with Gasteiger partial charge in [0.05, 0.1) is 5.92 Å². The van der Waals surface area contributed by atoms with Crippen molar-refractivity contribution in [3.05, 3.63) is 0 Å². The standard InChI is InChI=1S/C13H22F3N/c14-13(15,16)10-5-4-8-12(9-10)17-11-6-2-1-3-7-11/h10-12,17H,1-9H2.